The third kappa shape index (κ3) is 3.47. The van der Waals surface area contributed by atoms with Gasteiger partial charge in [0.1, 0.15) is 0 Å². The van der Waals surface area contributed by atoms with E-state index in [2.05, 4.69) is 152 Å². The van der Waals surface area contributed by atoms with E-state index in [1.807, 2.05) is 0 Å². The topological polar surface area (TPSA) is 12.9 Å². The van der Waals surface area contributed by atoms with Crippen LogP contribution in [0, 0.1) is 0 Å². The molecular formula is C41H25N. The summed E-state index contributed by atoms with van der Waals surface area (Å²) in [5.74, 6) is 0. The first-order valence-electron chi connectivity index (χ1n) is 14.5. The Morgan fingerprint density at radius 2 is 0.881 bits per heavy atom. The molecule has 0 amide bonds. The van der Waals surface area contributed by atoms with Crippen LogP contribution in [0.1, 0.15) is 0 Å². The smallest absolute Gasteiger partial charge is 0.0708 e. The van der Waals surface area contributed by atoms with Crippen molar-refractivity contribution in [1.29, 1.82) is 0 Å². The minimum Gasteiger partial charge on any atom is -0.256 e. The SMILES string of the molecule is c1ccc2cc(-c3cc4cc(-c5ccc6ccccc6c5)c5c6ccccc6ncc5c4c4ccccc34)ccc2c1. The average Bonchev–Trinajstić information content (AvgIpc) is 3.06. The fraction of sp³-hybridized carbons (Fsp3) is 0. The standard InChI is InChI=1S/C41H25N/c1-3-11-28-21-30(19-17-26(28)9-1)36-23-32-24-37(31-20-18-27-10-2-4-12-29(27)22-31)41-35-15-7-8-16-39(35)42-25-38(41)40(32)34-14-6-5-13-33(34)36/h1-25H. The average molecular weight is 532 g/mol. The summed E-state index contributed by atoms with van der Waals surface area (Å²) in [6, 6.07) is 53.0. The van der Waals surface area contributed by atoms with Crippen molar-refractivity contribution in [3.8, 4) is 22.3 Å². The lowest BCUT2D eigenvalue weighted by atomic mass is 9.86. The molecule has 1 aromatic heterocycles. The Morgan fingerprint density at radius 3 is 1.60 bits per heavy atom. The van der Waals surface area contributed by atoms with E-state index in [4.69, 9.17) is 4.98 Å². The molecule has 1 nitrogen and oxygen atoms in total. The molecule has 0 saturated carbocycles. The third-order valence-electron chi connectivity index (χ3n) is 8.81. The van der Waals surface area contributed by atoms with Crippen LogP contribution in [0.4, 0.5) is 0 Å². The van der Waals surface area contributed by atoms with Crippen LogP contribution in [-0.2, 0) is 0 Å². The van der Waals surface area contributed by atoms with Crippen molar-refractivity contribution in [2.45, 2.75) is 0 Å². The van der Waals surface area contributed by atoms with Gasteiger partial charge in [0.25, 0.3) is 0 Å². The molecule has 0 aliphatic carbocycles. The second-order valence-corrected chi connectivity index (χ2v) is 11.2. The van der Waals surface area contributed by atoms with E-state index in [0.29, 0.717) is 0 Å². The van der Waals surface area contributed by atoms with Crippen molar-refractivity contribution >= 4 is 64.8 Å². The van der Waals surface area contributed by atoms with Gasteiger partial charge in [-0.1, -0.05) is 115 Å². The van der Waals surface area contributed by atoms with Crippen LogP contribution in [0.3, 0.4) is 0 Å². The minimum atomic E-state index is 1.02. The van der Waals surface area contributed by atoms with Gasteiger partial charge in [0.15, 0.2) is 0 Å². The van der Waals surface area contributed by atoms with E-state index in [0.717, 1.165) is 5.52 Å². The summed E-state index contributed by atoms with van der Waals surface area (Å²) >= 11 is 0. The summed E-state index contributed by atoms with van der Waals surface area (Å²) in [7, 11) is 0. The lowest BCUT2D eigenvalue weighted by Gasteiger charge is -2.17. The number of rotatable bonds is 2. The Hall–Kier alpha value is -5.53. The monoisotopic (exact) mass is 531 g/mol. The largest absolute Gasteiger partial charge is 0.256 e. The molecule has 0 unspecified atom stereocenters. The summed E-state index contributed by atoms with van der Waals surface area (Å²) in [4.78, 5) is 4.97. The maximum Gasteiger partial charge on any atom is 0.0708 e. The second-order valence-electron chi connectivity index (χ2n) is 11.2. The molecule has 1 heterocycles. The number of aromatic nitrogens is 1. The van der Waals surface area contributed by atoms with Crippen LogP contribution >= 0.6 is 0 Å². The first kappa shape index (κ1) is 23.2. The lowest BCUT2D eigenvalue weighted by molar-refractivity contribution is 1.45. The Labute approximate surface area is 243 Å². The predicted octanol–water partition coefficient (Wildman–Crippen LogP) is 11.3. The molecule has 194 valence electrons. The molecule has 1 heteroatoms. The molecule has 0 fully saturated rings. The summed E-state index contributed by atoms with van der Waals surface area (Å²) in [5.41, 5.74) is 5.96. The molecule has 0 N–H and O–H groups in total. The number of hydrogen-bond donors (Lipinski definition) is 0. The third-order valence-corrected chi connectivity index (χ3v) is 8.81. The molecule has 0 saturated heterocycles. The van der Waals surface area contributed by atoms with Crippen LogP contribution < -0.4 is 0 Å². The Balaban J connectivity index is 1.44. The van der Waals surface area contributed by atoms with E-state index < -0.39 is 0 Å². The second kappa shape index (κ2) is 8.99. The number of fused-ring (bicyclic) bond motifs is 9. The summed E-state index contributed by atoms with van der Waals surface area (Å²) in [5, 5.41) is 13.6. The molecule has 9 aromatic rings. The minimum absolute atomic E-state index is 1.02. The van der Waals surface area contributed by atoms with Gasteiger partial charge in [0, 0.05) is 22.4 Å². The van der Waals surface area contributed by atoms with Gasteiger partial charge in [0.05, 0.1) is 5.52 Å². The fourth-order valence-electron chi connectivity index (χ4n) is 6.84. The number of para-hydroxylation sites is 1. The summed E-state index contributed by atoms with van der Waals surface area (Å²) in [6.07, 6.45) is 2.09. The van der Waals surface area contributed by atoms with E-state index in [1.165, 1.54) is 81.5 Å². The molecule has 0 bridgehead atoms. The number of benzene rings is 8. The van der Waals surface area contributed by atoms with Gasteiger partial charge >= 0.3 is 0 Å². The molecule has 0 atom stereocenters. The van der Waals surface area contributed by atoms with E-state index >= 15 is 0 Å². The molecule has 0 radical (unpaired) electrons. The van der Waals surface area contributed by atoms with Crippen LogP contribution in [0.2, 0.25) is 0 Å². The van der Waals surface area contributed by atoms with Gasteiger partial charge in [-0.3, -0.25) is 4.98 Å². The van der Waals surface area contributed by atoms with Crippen molar-refractivity contribution in [3.05, 3.63) is 152 Å². The van der Waals surface area contributed by atoms with Crippen molar-refractivity contribution in [3.63, 3.8) is 0 Å². The van der Waals surface area contributed by atoms with Crippen LogP contribution in [0.25, 0.3) is 87.0 Å². The molecular weight excluding hydrogens is 506 g/mol. The van der Waals surface area contributed by atoms with E-state index in [9.17, 15) is 0 Å². The Morgan fingerprint density at radius 1 is 0.333 bits per heavy atom. The van der Waals surface area contributed by atoms with Crippen molar-refractivity contribution < 1.29 is 0 Å². The molecule has 8 aromatic carbocycles. The van der Waals surface area contributed by atoms with Crippen LogP contribution in [-0.4, -0.2) is 4.98 Å². The maximum atomic E-state index is 4.97. The quantitative estimate of drug-likeness (QED) is 0.202. The van der Waals surface area contributed by atoms with Crippen molar-refractivity contribution in [2.24, 2.45) is 0 Å². The van der Waals surface area contributed by atoms with Crippen molar-refractivity contribution in [2.75, 3.05) is 0 Å². The fourth-order valence-corrected chi connectivity index (χ4v) is 6.84. The highest BCUT2D eigenvalue weighted by molar-refractivity contribution is 6.29. The highest BCUT2D eigenvalue weighted by atomic mass is 14.6. The zero-order valence-electron chi connectivity index (χ0n) is 22.9. The molecule has 0 spiro atoms. The number of pyridine rings is 1. The van der Waals surface area contributed by atoms with Gasteiger partial charge in [-0.05, 0) is 95.7 Å². The maximum absolute atomic E-state index is 4.97. The van der Waals surface area contributed by atoms with Crippen molar-refractivity contribution in [1.82, 2.24) is 4.98 Å². The van der Waals surface area contributed by atoms with Crippen LogP contribution in [0.5, 0.6) is 0 Å². The normalized spacial score (nSPS) is 11.8. The van der Waals surface area contributed by atoms with Gasteiger partial charge < -0.3 is 0 Å². The highest BCUT2D eigenvalue weighted by Crippen LogP contribution is 2.44. The number of nitrogens with zero attached hydrogens (tertiary/aromatic N) is 1. The first-order valence-corrected chi connectivity index (χ1v) is 14.5. The zero-order valence-corrected chi connectivity index (χ0v) is 22.9. The van der Waals surface area contributed by atoms with Gasteiger partial charge in [-0.25, -0.2) is 0 Å². The zero-order chi connectivity index (χ0) is 27.6. The summed E-state index contributed by atoms with van der Waals surface area (Å²) < 4.78 is 0. The number of hydrogen-bond acceptors (Lipinski definition) is 1. The first-order chi connectivity index (χ1) is 20.8. The van der Waals surface area contributed by atoms with Gasteiger partial charge in [-0.15, -0.1) is 0 Å². The lowest BCUT2D eigenvalue weighted by Crippen LogP contribution is -1.91. The van der Waals surface area contributed by atoms with E-state index in [-0.39, 0.29) is 0 Å². The Kier molecular flexibility index (Phi) is 4.97. The molecule has 42 heavy (non-hydrogen) atoms. The summed E-state index contributed by atoms with van der Waals surface area (Å²) in [6.45, 7) is 0. The van der Waals surface area contributed by atoms with Gasteiger partial charge in [-0.2, -0.15) is 0 Å². The van der Waals surface area contributed by atoms with Crippen LogP contribution in [0.15, 0.2) is 152 Å². The van der Waals surface area contributed by atoms with E-state index in [1.54, 1.807) is 0 Å². The molecule has 0 aliphatic heterocycles. The predicted molar refractivity (Wildman–Crippen MR) is 180 cm³/mol. The molecule has 9 rings (SSSR count). The Bertz CT molecular complexity index is 2520. The highest BCUT2D eigenvalue weighted by Gasteiger charge is 2.17. The van der Waals surface area contributed by atoms with Gasteiger partial charge in [0.2, 0.25) is 0 Å². The molecule has 0 aliphatic rings.